The molecule has 0 saturated heterocycles. The Labute approximate surface area is 106 Å². The monoisotopic (exact) mass is 234 g/mol. The maximum Gasteiger partial charge on any atom is 0.160 e. The molecular weight excluding hydrogens is 220 g/mol. The Kier molecular flexibility index (Phi) is 2.77. The third-order valence-corrected chi connectivity index (χ3v) is 3.05. The van der Waals surface area contributed by atoms with Crippen LogP contribution >= 0.6 is 0 Å². The van der Waals surface area contributed by atoms with Gasteiger partial charge in [-0.1, -0.05) is 55.5 Å². The van der Waals surface area contributed by atoms with Crippen molar-refractivity contribution in [2.45, 2.75) is 13.3 Å². The van der Waals surface area contributed by atoms with Crippen molar-refractivity contribution in [3.8, 4) is 11.4 Å². The molecule has 0 spiro atoms. The first-order valence-electron chi connectivity index (χ1n) is 6.19. The third-order valence-electron chi connectivity index (χ3n) is 3.05. The molecule has 3 rings (SSSR count). The first-order chi connectivity index (χ1) is 8.88. The fourth-order valence-corrected chi connectivity index (χ4v) is 2.13. The number of hydrogen-bond donors (Lipinski definition) is 0. The number of aromatic nitrogens is 2. The van der Waals surface area contributed by atoms with E-state index < -0.39 is 0 Å². The van der Waals surface area contributed by atoms with Crippen LogP contribution in [-0.4, -0.2) is 9.97 Å². The number of aryl methyl sites for hydroxylation is 1. The topological polar surface area (TPSA) is 25.8 Å². The van der Waals surface area contributed by atoms with Crippen molar-refractivity contribution in [2.24, 2.45) is 0 Å². The van der Waals surface area contributed by atoms with Crippen molar-refractivity contribution in [3.63, 3.8) is 0 Å². The first-order valence-corrected chi connectivity index (χ1v) is 6.19. The number of nitrogens with zero attached hydrogens (tertiary/aromatic N) is 2. The quantitative estimate of drug-likeness (QED) is 0.673. The maximum absolute atomic E-state index is 4.68. The maximum atomic E-state index is 4.68. The zero-order valence-corrected chi connectivity index (χ0v) is 10.3. The van der Waals surface area contributed by atoms with Gasteiger partial charge in [0, 0.05) is 10.9 Å². The predicted octanol–water partition coefficient (Wildman–Crippen LogP) is 3.86. The second kappa shape index (κ2) is 4.57. The minimum atomic E-state index is 0.811. The Morgan fingerprint density at radius 2 is 1.56 bits per heavy atom. The van der Waals surface area contributed by atoms with Crippen LogP contribution in [0.1, 0.15) is 12.6 Å². The lowest BCUT2D eigenvalue weighted by atomic mass is 10.1. The molecule has 0 saturated carbocycles. The van der Waals surface area contributed by atoms with Crippen LogP contribution in [0.3, 0.4) is 0 Å². The zero-order valence-electron chi connectivity index (χ0n) is 10.3. The normalized spacial score (nSPS) is 10.7. The SMILES string of the molecule is CCc1nc(-c2ccccc2)nc2ccccc12. The number of fused-ring (bicyclic) bond motifs is 1. The molecule has 1 aromatic heterocycles. The summed E-state index contributed by atoms with van der Waals surface area (Å²) in [4.78, 5) is 9.32. The van der Waals surface area contributed by atoms with Gasteiger partial charge < -0.3 is 0 Å². The summed E-state index contributed by atoms with van der Waals surface area (Å²) in [6.07, 6.45) is 0.920. The highest BCUT2D eigenvalue weighted by molar-refractivity contribution is 5.82. The molecule has 1 heterocycles. The van der Waals surface area contributed by atoms with Crippen molar-refractivity contribution < 1.29 is 0 Å². The van der Waals surface area contributed by atoms with Crippen LogP contribution in [0, 0.1) is 0 Å². The Bertz CT molecular complexity index is 675. The summed E-state index contributed by atoms with van der Waals surface area (Å²) in [5.41, 5.74) is 3.20. The van der Waals surface area contributed by atoms with Gasteiger partial charge in [-0.3, -0.25) is 0 Å². The van der Waals surface area contributed by atoms with Gasteiger partial charge in [-0.2, -0.15) is 0 Å². The van der Waals surface area contributed by atoms with Gasteiger partial charge in [0.1, 0.15) is 0 Å². The lowest BCUT2D eigenvalue weighted by Gasteiger charge is -2.07. The van der Waals surface area contributed by atoms with E-state index in [1.807, 2.05) is 48.5 Å². The Morgan fingerprint density at radius 3 is 2.33 bits per heavy atom. The molecule has 0 radical (unpaired) electrons. The molecule has 0 fully saturated rings. The zero-order chi connectivity index (χ0) is 12.4. The third kappa shape index (κ3) is 1.86. The summed E-state index contributed by atoms with van der Waals surface area (Å²) in [5.74, 6) is 0.811. The second-order valence-electron chi connectivity index (χ2n) is 4.23. The van der Waals surface area contributed by atoms with Crippen LogP contribution in [0.15, 0.2) is 54.6 Å². The predicted molar refractivity (Wildman–Crippen MR) is 74.4 cm³/mol. The highest BCUT2D eigenvalue weighted by Gasteiger charge is 2.07. The van der Waals surface area contributed by atoms with Gasteiger partial charge in [0.05, 0.1) is 11.2 Å². The van der Waals surface area contributed by atoms with Gasteiger partial charge in [0.2, 0.25) is 0 Å². The van der Waals surface area contributed by atoms with E-state index in [-0.39, 0.29) is 0 Å². The highest BCUT2D eigenvalue weighted by atomic mass is 14.9. The number of rotatable bonds is 2. The second-order valence-corrected chi connectivity index (χ2v) is 4.23. The Hall–Kier alpha value is -2.22. The smallest absolute Gasteiger partial charge is 0.160 e. The van der Waals surface area contributed by atoms with Crippen molar-refractivity contribution in [3.05, 3.63) is 60.3 Å². The highest BCUT2D eigenvalue weighted by Crippen LogP contribution is 2.21. The van der Waals surface area contributed by atoms with E-state index in [1.165, 1.54) is 0 Å². The average molecular weight is 234 g/mol. The molecule has 2 nitrogen and oxygen atoms in total. The lowest BCUT2D eigenvalue weighted by molar-refractivity contribution is 1.04. The summed E-state index contributed by atoms with van der Waals surface area (Å²) in [6.45, 7) is 2.13. The van der Waals surface area contributed by atoms with Crippen molar-refractivity contribution in [1.82, 2.24) is 9.97 Å². The van der Waals surface area contributed by atoms with Crippen LogP contribution in [0.5, 0.6) is 0 Å². The Morgan fingerprint density at radius 1 is 0.833 bits per heavy atom. The van der Waals surface area contributed by atoms with Gasteiger partial charge in [0.25, 0.3) is 0 Å². The van der Waals surface area contributed by atoms with E-state index in [2.05, 4.69) is 23.0 Å². The van der Waals surface area contributed by atoms with Gasteiger partial charge in [-0.05, 0) is 12.5 Å². The van der Waals surface area contributed by atoms with E-state index in [0.717, 1.165) is 34.4 Å². The molecule has 0 unspecified atom stereocenters. The summed E-state index contributed by atoms with van der Waals surface area (Å²) in [6, 6.07) is 18.3. The minimum absolute atomic E-state index is 0.811. The van der Waals surface area contributed by atoms with Crippen LogP contribution in [-0.2, 0) is 6.42 Å². The van der Waals surface area contributed by atoms with E-state index in [4.69, 9.17) is 0 Å². The summed E-state index contributed by atoms with van der Waals surface area (Å²) in [7, 11) is 0. The van der Waals surface area contributed by atoms with E-state index in [9.17, 15) is 0 Å². The summed E-state index contributed by atoms with van der Waals surface area (Å²) in [5, 5.41) is 1.15. The molecule has 18 heavy (non-hydrogen) atoms. The molecule has 0 amide bonds. The largest absolute Gasteiger partial charge is 0.232 e. The fourth-order valence-electron chi connectivity index (χ4n) is 2.13. The van der Waals surface area contributed by atoms with Crippen LogP contribution in [0.4, 0.5) is 0 Å². The molecule has 0 aliphatic heterocycles. The van der Waals surface area contributed by atoms with E-state index in [1.54, 1.807) is 0 Å². The molecule has 0 atom stereocenters. The number of para-hydroxylation sites is 1. The number of hydrogen-bond acceptors (Lipinski definition) is 2. The molecule has 0 bridgehead atoms. The first kappa shape index (κ1) is 10.9. The van der Waals surface area contributed by atoms with Crippen molar-refractivity contribution >= 4 is 10.9 Å². The molecule has 0 aliphatic carbocycles. The number of benzene rings is 2. The molecule has 0 aliphatic rings. The van der Waals surface area contributed by atoms with Crippen LogP contribution in [0.25, 0.3) is 22.3 Å². The van der Waals surface area contributed by atoms with Gasteiger partial charge in [-0.15, -0.1) is 0 Å². The average Bonchev–Trinajstić information content (AvgIpc) is 2.47. The van der Waals surface area contributed by atoms with Crippen LogP contribution in [0.2, 0.25) is 0 Å². The molecule has 3 aromatic rings. The summed E-state index contributed by atoms with van der Waals surface area (Å²) >= 11 is 0. The van der Waals surface area contributed by atoms with Gasteiger partial charge in [-0.25, -0.2) is 9.97 Å². The Balaban J connectivity index is 2.26. The van der Waals surface area contributed by atoms with Gasteiger partial charge in [0.15, 0.2) is 5.82 Å². The molecule has 88 valence electrons. The molecular formula is C16H14N2. The fraction of sp³-hybridized carbons (Fsp3) is 0.125. The molecule has 0 N–H and O–H groups in total. The standard InChI is InChI=1S/C16H14N2/c1-2-14-13-10-6-7-11-15(13)18-16(17-14)12-8-4-3-5-9-12/h3-11H,2H2,1H3. The van der Waals surface area contributed by atoms with E-state index in [0.29, 0.717) is 0 Å². The van der Waals surface area contributed by atoms with Crippen LogP contribution < -0.4 is 0 Å². The summed E-state index contributed by atoms with van der Waals surface area (Å²) < 4.78 is 0. The van der Waals surface area contributed by atoms with Crippen molar-refractivity contribution in [1.29, 1.82) is 0 Å². The van der Waals surface area contributed by atoms with Gasteiger partial charge >= 0.3 is 0 Å². The van der Waals surface area contributed by atoms with E-state index >= 15 is 0 Å². The molecule has 2 heteroatoms. The molecule has 2 aromatic carbocycles. The van der Waals surface area contributed by atoms with Crippen molar-refractivity contribution in [2.75, 3.05) is 0 Å². The lowest BCUT2D eigenvalue weighted by Crippen LogP contribution is -1.96. The minimum Gasteiger partial charge on any atom is -0.232 e.